The Bertz CT molecular complexity index is 812. The lowest BCUT2D eigenvalue weighted by Gasteiger charge is -2.16. The van der Waals surface area contributed by atoms with Crippen LogP contribution in [0.5, 0.6) is 0 Å². The predicted octanol–water partition coefficient (Wildman–Crippen LogP) is 2.97. The molecule has 0 saturated carbocycles. The van der Waals surface area contributed by atoms with Gasteiger partial charge in [-0.2, -0.15) is 5.10 Å². The van der Waals surface area contributed by atoms with Crippen LogP contribution < -0.4 is 5.32 Å². The highest BCUT2D eigenvalue weighted by atomic mass is 32.1. The summed E-state index contributed by atoms with van der Waals surface area (Å²) in [7, 11) is 0. The van der Waals surface area contributed by atoms with Gasteiger partial charge in [0.15, 0.2) is 0 Å². The lowest BCUT2D eigenvalue weighted by Crippen LogP contribution is -2.29. The van der Waals surface area contributed by atoms with Gasteiger partial charge in [-0.05, 0) is 25.0 Å². The molecule has 2 heterocycles. The van der Waals surface area contributed by atoms with Crippen LogP contribution in [0.4, 0.5) is 0 Å². The molecule has 0 radical (unpaired) electrons. The monoisotopic (exact) mass is 341 g/mol. The molecule has 3 rings (SSSR count). The highest BCUT2D eigenvalue weighted by Crippen LogP contribution is 2.23. The maximum atomic E-state index is 12.8. The van der Waals surface area contributed by atoms with Gasteiger partial charge in [0.05, 0.1) is 12.6 Å². The van der Waals surface area contributed by atoms with E-state index in [2.05, 4.69) is 20.4 Å². The maximum absolute atomic E-state index is 12.8. The van der Waals surface area contributed by atoms with Crippen molar-refractivity contribution in [2.75, 3.05) is 0 Å². The molecular formula is C17H19N5OS. The molecule has 0 aliphatic carbocycles. The van der Waals surface area contributed by atoms with E-state index < -0.39 is 0 Å². The van der Waals surface area contributed by atoms with Crippen LogP contribution in [-0.2, 0) is 6.54 Å². The maximum Gasteiger partial charge on any atom is 0.252 e. The van der Waals surface area contributed by atoms with Crippen LogP contribution in [0.2, 0.25) is 0 Å². The Labute approximate surface area is 144 Å². The van der Waals surface area contributed by atoms with Gasteiger partial charge in [-0.3, -0.25) is 4.79 Å². The van der Waals surface area contributed by atoms with Gasteiger partial charge >= 0.3 is 0 Å². The fraction of sp³-hybridized carbons (Fsp3) is 0.294. The molecule has 0 saturated heterocycles. The van der Waals surface area contributed by atoms with Gasteiger partial charge in [0, 0.05) is 16.6 Å². The molecule has 2 aromatic heterocycles. The number of thiazole rings is 1. The molecule has 0 fully saturated rings. The molecule has 6 nitrogen and oxygen atoms in total. The van der Waals surface area contributed by atoms with Gasteiger partial charge in [-0.1, -0.05) is 25.1 Å². The predicted molar refractivity (Wildman–Crippen MR) is 92.9 cm³/mol. The number of rotatable bonds is 6. The van der Waals surface area contributed by atoms with E-state index in [1.165, 1.54) is 6.33 Å². The Morgan fingerprint density at radius 2 is 2.21 bits per heavy atom. The summed E-state index contributed by atoms with van der Waals surface area (Å²) >= 11 is 1.62. The molecule has 1 atom stereocenters. The van der Waals surface area contributed by atoms with Crippen LogP contribution in [0.15, 0.2) is 43.1 Å². The van der Waals surface area contributed by atoms with Crippen LogP contribution in [0.25, 0.3) is 0 Å². The summed E-state index contributed by atoms with van der Waals surface area (Å²) in [6.45, 7) is 4.57. The lowest BCUT2D eigenvalue weighted by molar-refractivity contribution is 0.0934. The minimum atomic E-state index is -0.0922. The van der Waals surface area contributed by atoms with Crippen LogP contribution in [-0.4, -0.2) is 25.7 Å². The molecule has 1 N–H and O–H groups in total. The first-order valence-electron chi connectivity index (χ1n) is 7.81. The zero-order valence-electron chi connectivity index (χ0n) is 13.6. The SMILES string of the molecule is CCC(NC(=O)c1ccccc1Cn1cncn1)c1ncc(C)s1. The zero-order valence-corrected chi connectivity index (χ0v) is 14.5. The van der Waals surface area contributed by atoms with Crippen molar-refractivity contribution < 1.29 is 4.79 Å². The van der Waals surface area contributed by atoms with Gasteiger partial charge in [-0.15, -0.1) is 11.3 Å². The molecule has 0 spiro atoms. The fourth-order valence-electron chi connectivity index (χ4n) is 2.48. The number of nitrogens with one attached hydrogen (secondary N) is 1. The molecule has 124 valence electrons. The molecule has 0 aliphatic rings. The second-order valence-corrected chi connectivity index (χ2v) is 6.76. The number of carbonyl (C=O) groups excluding carboxylic acids is 1. The summed E-state index contributed by atoms with van der Waals surface area (Å²) in [5.74, 6) is -0.0922. The fourth-order valence-corrected chi connectivity index (χ4v) is 3.38. The molecule has 1 amide bonds. The van der Waals surface area contributed by atoms with Gasteiger partial charge in [0.25, 0.3) is 5.91 Å². The Hall–Kier alpha value is -2.54. The molecule has 7 heteroatoms. The number of hydrogen-bond donors (Lipinski definition) is 1. The molecular weight excluding hydrogens is 322 g/mol. The van der Waals surface area contributed by atoms with Gasteiger partial charge < -0.3 is 5.32 Å². The van der Waals surface area contributed by atoms with Gasteiger partial charge in [-0.25, -0.2) is 14.6 Å². The first-order valence-corrected chi connectivity index (χ1v) is 8.62. The molecule has 0 bridgehead atoms. The lowest BCUT2D eigenvalue weighted by atomic mass is 10.1. The van der Waals surface area contributed by atoms with E-state index in [0.29, 0.717) is 12.1 Å². The Kier molecular flexibility index (Phi) is 5.00. The normalized spacial score (nSPS) is 12.1. The standard InChI is InChI=1S/C17H19N5OS/c1-3-15(17-19-8-12(2)24-17)21-16(23)14-7-5-4-6-13(14)9-22-11-18-10-20-22/h4-8,10-11,15H,3,9H2,1-2H3,(H,21,23). The van der Waals surface area contributed by atoms with Crippen LogP contribution >= 0.6 is 11.3 Å². The summed E-state index contributed by atoms with van der Waals surface area (Å²) in [6, 6.07) is 7.49. The Balaban J connectivity index is 1.79. The van der Waals surface area contributed by atoms with E-state index in [1.807, 2.05) is 44.3 Å². The minimum Gasteiger partial charge on any atom is -0.343 e. The molecule has 0 aliphatic heterocycles. The van der Waals surface area contributed by atoms with E-state index in [1.54, 1.807) is 22.3 Å². The van der Waals surface area contributed by atoms with Crippen molar-refractivity contribution in [3.63, 3.8) is 0 Å². The molecule has 1 aromatic carbocycles. The highest BCUT2D eigenvalue weighted by molar-refractivity contribution is 7.11. The first kappa shape index (κ1) is 16.3. The Morgan fingerprint density at radius 3 is 2.88 bits per heavy atom. The van der Waals surface area contributed by atoms with E-state index in [-0.39, 0.29) is 11.9 Å². The van der Waals surface area contributed by atoms with Crippen molar-refractivity contribution in [3.8, 4) is 0 Å². The third-order valence-electron chi connectivity index (χ3n) is 3.71. The van der Waals surface area contributed by atoms with Crippen LogP contribution in [0.1, 0.15) is 45.2 Å². The van der Waals surface area contributed by atoms with Crippen LogP contribution in [0.3, 0.4) is 0 Å². The number of hydrogen-bond acceptors (Lipinski definition) is 5. The molecule has 1 unspecified atom stereocenters. The number of nitrogens with zero attached hydrogens (tertiary/aromatic N) is 4. The quantitative estimate of drug-likeness (QED) is 0.748. The molecule has 3 aromatic rings. The van der Waals surface area contributed by atoms with Gasteiger partial charge in [0.2, 0.25) is 0 Å². The summed E-state index contributed by atoms with van der Waals surface area (Å²) in [6.07, 6.45) is 5.76. The van der Waals surface area contributed by atoms with Crippen LogP contribution in [0, 0.1) is 6.92 Å². The summed E-state index contributed by atoms with van der Waals surface area (Å²) in [5, 5.41) is 8.14. The average Bonchev–Trinajstić information content (AvgIpc) is 3.24. The average molecular weight is 341 g/mol. The second kappa shape index (κ2) is 7.35. The van der Waals surface area contributed by atoms with Crippen molar-refractivity contribution in [1.82, 2.24) is 25.1 Å². The summed E-state index contributed by atoms with van der Waals surface area (Å²) < 4.78 is 1.70. The van der Waals surface area contributed by atoms with Crippen molar-refractivity contribution in [1.29, 1.82) is 0 Å². The summed E-state index contributed by atoms with van der Waals surface area (Å²) in [5.41, 5.74) is 1.56. The van der Waals surface area contributed by atoms with E-state index in [9.17, 15) is 4.79 Å². The number of carbonyl (C=O) groups is 1. The van der Waals surface area contributed by atoms with Crippen molar-refractivity contribution in [2.24, 2.45) is 0 Å². The number of aryl methyl sites for hydroxylation is 1. The third-order valence-corrected chi connectivity index (χ3v) is 4.74. The minimum absolute atomic E-state index is 0.0735. The number of amides is 1. The van der Waals surface area contributed by atoms with E-state index in [0.717, 1.165) is 21.9 Å². The van der Waals surface area contributed by atoms with Crippen molar-refractivity contribution >= 4 is 17.2 Å². The van der Waals surface area contributed by atoms with E-state index >= 15 is 0 Å². The topological polar surface area (TPSA) is 72.7 Å². The summed E-state index contributed by atoms with van der Waals surface area (Å²) in [4.78, 5) is 22.2. The zero-order chi connectivity index (χ0) is 16.9. The first-order chi connectivity index (χ1) is 11.7. The molecule has 24 heavy (non-hydrogen) atoms. The largest absolute Gasteiger partial charge is 0.343 e. The second-order valence-electron chi connectivity index (χ2n) is 5.49. The number of aromatic nitrogens is 4. The third kappa shape index (κ3) is 3.68. The van der Waals surface area contributed by atoms with Crippen molar-refractivity contribution in [3.05, 3.63) is 64.1 Å². The van der Waals surface area contributed by atoms with Crippen molar-refractivity contribution in [2.45, 2.75) is 32.9 Å². The van der Waals surface area contributed by atoms with E-state index in [4.69, 9.17) is 0 Å². The Morgan fingerprint density at radius 1 is 1.38 bits per heavy atom. The number of benzene rings is 1. The van der Waals surface area contributed by atoms with Gasteiger partial charge in [0.1, 0.15) is 17.7 Å². The smallest absolute Gasteiger partial charge is 0.252 e. The highest BCUT2D eigenvalue weighted by Gasteiger charge is 2.18.